The van der Waals surface area contributed by atoms with E-state index in [0.717, 1.165) is 5.56 Å². The normalized spacial score (nSPS) is 18.0. The Kier molecular flexibility index (Phi) is 4.65. The fourth-order valence-corrected chi connectivity index (χ4v) is 3.37. The third-order valence-corrected chi connectivity index (χ3v) is 4.86. The lowest BCUT2D eigenvalue weighted by atomic mass is 10.0. The zero-order chi connectivity index (χ0) is 18.8. The number of halogens is 1. The summed E-state index contributed by atoms with van der Waals surface area (Å²) in [6.07, 6.45) is 0. The summed E-state index contributed by atoms with van der Waals surface area (Å²) in [4.78, 5) is 27.4. The van der Waals surface area contributed by atoms with Crippen LogP contribution in [0.15, 0.2) is 84.9 Å². The number of ketones is 1. The van der Waals surface area contributed by atoms with Gasteiger partial charge in [-0.05, 0) is 42.0 Å². The van der Waals surface area contributed by atoms with Gasteiger partial charge in [-0.2, -0.15) is 0 Å². The van der Waals surface area contributed by atoms with Crippen molar-refractivity contribution in [3.05, 3.63) is 101 Å². The van der Waals surface area contributed by atoms with Crippen molar-refractivity contribution in [2.45, 2.75) is 12.1 Å². The molecule has 1 fully saturated rings. The van der Waals surface area contributed by atoms with Crippen molar-refractivity contribution in [2.75, 3.05) is 5.32 Å². The molecule has 1 N–H and O–H groups in total. The molecule has 1 saturated heterocycles. The fraction of sp³-hybridized carbons (Fsp3) is 0.0909. The van der Waals surface area contributed by atoms with Gasteiger partial charge < -0.3 is 10.2 Å². The first-order valence-corrected chi connectivity index (χ1v) is 9.02. The first kappa shape index (κ1) is 17.3. The summed E-state index contributed by atoms with van der Waals surface area (Å²) >= 11 is 5.92. The van der Waals surface area contributed by atoms with Gasteiger partial charge in [0.05, 0.1) is 6.04 Å². The number of rotatable bonds is 4. The number of carbonyl (C=O) groups is 2. The summed E-state index contributed by atoms with van der Waals surface area (Å²) in [5.41, 5.74) is 2.17. The maximum atomic E-state index is 13.0. The molecule has 4 nitrogen and oxygen atoms in total. The van der Waals surface area contributed by atoms with Crippen LogP contribution < -0.4 is 5.32 Å². The molecule has 27 heavy (non-hydrogen) atoms. The van der Waals surface area contributed by atoms with E-state index < -0.39 is 6.04 Å². The molecule has 0 spiro atoms. The maximum Gasteiger partial charge on any atom is 0.323 e. The number of anilines is 1. The van der Waals surface area contributed by atoms with Crippen LogP contribution in [0.1, 0.15) is 22.0 Å². The highest BCUT2D eigenvalue weighted by molar-refractivity contribution is 6.30. The van der Waals surface area contributed by atoms with Crippen molar-refractivity contribution in [1.29, 1.82) is 0 Å². The zero-order valence-corrected chi connectivity index (χ0v) is 15.1. The second kappa shape index (κ2) is 7.25. The molecule has 2 amide bonds. The second-order valence-electron chi connectivity index (χ2n) is 6.37. The summed E-state index contributed by atoms with van der Waals surface area (Å²) < 4.78 is 0. The van der Waals surface area contributed by atoms with Gasteiger partial charge in [-0.25, -0.2) is 4.79 Å². The summed E-state index contributed by atoms with van der Waals surface area (Å²) in [6.45, 7) is 0. The average molecular weight is 377 g/mol. The quantitative estimate of drug-likeness (QED) is 0.503. The van der Waals surface area contributed by atoms with E-state index in [0.29, 0.717) is 16.3 Å². The topological polar surface area (TPSA) is 49.2 Å². The average Bonchev–Trinajstić information content (AvgIpc) is 3.45. The summed E-state index contributed by atoms with van der Waals surface area (Å²) in [6, 6.07) is 24.5. The highest BCUT2D eigenvalue weighted by atomic mass is 35.5. The largest absolute Gasteiger partial charge is 0.323 e. The van der Waals surface area contributed by atoms with Crippen molar-refractivity contribution in [1.82, 2.24) is 4.90 Å². The van der Waals surface area contributed by atoms with E-state index in [1.165, 1.54) is 0 Å². The van der Waals surface area contributed by atoms with E-state index in [2.05, 4.69) is 5.32 Å². The van der Waals surface area contributed by atoms with Crippen molar-refractivity contribution in [3.63, 3.8) is 0 Å². The molecule has 3 aromatic carbocycles. The molecule has 0 aromatic heterocycles. The molecule has 0 radical (unpaired) electrons. The van der Waals surface area contributed by atoms with E-state index in [1.807, 2.05) is 60.7 Å². The van der Waals surface area contributed by atoms with Crippen molar-refractivity contribution >= 4 is 29.1 Å². The Morgan fingerprint density at radius 2 is 1.41 bits per heavy atom. The number of amides is 2. The van der Waals surface area contributed by atoms with Gasteiger partial charge in [-0.15, -0.1) is 0 Å². The predicted molar refractivity (Wildman–Crippen MR) is 106 cm³/mol. The molecule has 3 aromatic rings. The van der Waals surface area contributed by atoms with Gasteiger partial charge in [0.2, 0.25) is 0 Å². The number of hydrogen-bond acceptors (Lipinski definition) is 2. The molecule has 0 saturated carbocycles. The first-order valence-electron chi connectivity index (χ1n) is 8.64. The third kappa shape index (κ3) is 3.57. The molecule has 4 rings (SSSR count). The van der Waals surface area contributed by atoms with Crippen LogP contribution in [-0.4, -0.2) is 22.8 Å². The van der Waals surface area contributed by atoms with Crippen LogP contribution in [0.5, 0.6) is 0 Å². The Balaban J connectivity index is 1.60. The first-order chi connectivity index (χ1) is 13.1. The standard InChI is InChI=1S/C22H17ClN2O2/c23-17-13-11-16(12-14-17)21(26)20-19(15-7-3-1-4-8-15)25(20)22(27)24-18-9-5-2-6-10-18/h1-14,19-20H,(H,24,27)/t19-,20+,25?/m0/s1. The number of hydrogen-bond donors (Lipinski definition) is 1. The van der Waals surface area contributed by atoms with Gasteiger partial charge in [0, 0.05) is 16.3 Å². The SMILES string of the molecule is O=C(c1ccc(Cl)cc1)[C@H]1[C@H](c2ccccc2)N1C(=O)Nc1ccccc1. The molecule has 0 aliphatic carbocycles. The Morgan fingerprint density at radius 1 is 0.815 bits per heavy atom. The Labute approximate surface area is 162 Å². The van der Waals surface area contributed by atoms with Gasteiger partial charge >= 0.3 is 6.03 Å². The molecule has 0 unspecified atom stereocenters. The Hall–Kier alpha value is -3.11. The lowest BCUT2D eigenvalue weighted by Crippen LogP contribution is -2.24. The zero-order valence-electron chi connectivity index (χ0n) is 14.4. The molecule has 5 heteroatoms. The van der Waals surface area contributed by atoms with Crippen LogP contribution in [0, 0.1) is 0 Å². The number of nitrogens with zero attached hydrogens (tertiary/aromatic N) is 1. The van der Waals surface area contributed by atoms with E-state index in [9.17, 15) is 9.59 Å². The third-order valence-electron chi connectivity index (χ3n) is 4.61. The van der Waals surface area contributed by atoms with Crippen LogP contribution >= 0.6 is 11.6 Å². The maximum absolute atomic E-state index is 13.0. The minimum absolute atomic E-state index is 0.0938. The Morgan fingerprint density at radius 3 is 2.04 bits per heavy atom. The molecular formula is C22H17ClN2O2. The number of urea groups is 1. The van der Waals surface area contributed by atoms with Crippen molar-refractivity contribution in [2.24, 2.45) is 0 Å². The molecule has 134 valence electrons. The van der Waals surface area contributed by atoms with Crippen molar-refractivity contribution in [3.8, 4) is 0 Å². The van der Waals surface area contributed by atoms with Gasteiger partial charge in [-0.3, -0.25) is 4.79 Å². The van der Waals surface area contributed by atoms with Crippen LogP contribution in [0.2, 0.25) is 5.02 Å². The number of benzene rings is 3. The second-order valence-corrected chi connectivity index (χ2v) is 6.81. The highest BCUT2D eigenvalue weighted by Crippen LogP contribution is 2.45. The van der Waals surface area contributed by atoms with Gasteiger partial charge in [0.1, 0.15) is 6.04 Å². The van der Waals surface area contributed by atoms with Crippen LogP contribution in [0.3, 0.4) is 0 Å². The summed E-state index contributed by atoms with van der Waals surface area (Å²) in [5, 5.41) is 3.43. The smallest absolute Gasteiger partial charge is 0.308 e. The van der Waals surface area contributed by atoms with Gasteiger partial charge in [-0.1, -0.05) is 60.1 Å². The number of carbonyl (C=O) groups excluding carboxylic acids is 2. The Bertz CT molecular complexity index is 959. The summed E-state index contributed by atoms with van der Waals surface area (Å²) in [5.74, 6) is -0.0938. The minimum Gasteiger partial charge on any atom is -0.308 e. The van der Waals surface area contributed by atoms with E-state index in [1.54, 1.807) is 29.2 Å². The van der Waals surface area contributed by atoms with E-state index >= 15 is 0 Å². The van der Waals surface area contributed by atoms with Crippen molar-refractivity contribution < 1.29 is 9.59 Å². The molecule has 1 aliphatic heterocycles. The molecule has 0 bridgehead atoms. The van der Waals surface area contributed by atoms with E-state index in [-0.39, 0.29) is 17.9 Å². The number of para-hydroxylation sites is 1. The molecule has 1 heterocycles. The molecular weight excluding hydrogens is 360 g/mol. The monoisotopic (exact) mass is 376 g/mol. The van der Waals surface area contributed by atoms with E-state index in [4.69, 9.17) is 11.6 Å². The van der Waals surface area contributed by atoms with Gasteiger partial charge in [0.15, 0.2) is 5.78 Å². The summed E-state index contributed by atoms with van der Waals surface area (Å²) in [7, 11) is 0. The molecule has 1 aliphatic rings. The van der Waals surface area contributed by atoms with Gasteiger partial charge in [0.25, 0.3) is 0 Å². The minimum atomic E-state index is -0.530. The lowest BCUT2D eigenvalue weighted by Gasteiger charge is -2.07. The van der Waals surface area contributed by atoms with Crippen LogP contribution in [-0.2, 0) is 0 Å². The number of Topliss-reactive ketones (excluding diaryl/α,β-unsaturated/α-hetero) is 1. The fourth-order valence-electron chi connectivity index (χ4n) is 3.24. The molecule has 2 atom stereocenters. The number of nitrogens with one attached hydrogen (secondary N) is 1. The highest BCUT2D eigenvalue weighted by Gasteiger charge is 2.56. The lowest BCUT2D eigenvalue weighted by molar-refractivity contribution is 0.0976. The predicted octanol–water partition coefficient (Wildman–Crippen LogP) is 5.18. The van der Waals surface area contributed by atoms with Crippen LogP contribution in [0.4, 0.5) is 10.5 Å². The van der Waals surface area contributed by atoms with Crippen LogP contribution in [0.25, 0.3) is 0 Å².